The molecule has 0 bridgehead atoms. The van der Waals surface area contributed by atoms with Crippen LogP contribution >= 0.6 is 7.82 Å². The third-order valence-electron chi connectivity index (χ3n) is 1.34. The number of hydrogen-bond acceptors (Lipinski definition) is 5. The highest BCUT2D eigenvalue weighted by Crippen LogP contribution is 2.41. The molecule has 0 heterocycles. The Morgan fingerprint density at radius 3 is 2.31 bits per heavy atom. The molecule has 0 spiro atoms. The van der Waals surface area contributed by atoms with Gasteiger partial charge in [0.25, 0.3) is 0 Å². The Morgan fingerprint density at radius 1 is 1.31 bits per heavy atom. The van der Waals surface area contributed by atoms with Crippen LogP contribution in [0.3, 0.4) is 0 Å². The van der Waals surface area contributed by atoms with Crippen LogP contribution in [0.4, 0.5) is 0 Å². The average molecular weight is 214 g/mol. The SMILES string of the molecule is COCC(COP(=O)(O)OC)OC. The summed E-state index contributed by atoms with van der Waals surface area (Å²) in [7, 11) is 0.158. The highest BCUT2D eigenvalue weighted by molar-refractivity contribution is 7.47. The van der Waals surface area contributed by atoms with E-state index in [1.807, 2.05) is 0 Å². The topological polar surface area (TPSA) is 74.2 Å². The van der Waals surface area contributed by atoms with E-state index in [0.717, 1.165) is 7.11 Å². The first-order valence-corrected chi connectivity index (χ1v) is 5.10. The summed E-state index contributed by atoms with van der Waals surface area (Å²) in [4.78, 5) is 8.85. The molecule has 0 saturated heterocycles. The van der Waals surface area contributed by atoms with E-state index in [9.17, 15) is 4.57 Å². The molecular formula is C6H15O6P. The molecule has 0 aromatic heterocycles. The molecule has 0 fully saturated rings. The number of rotatable bonds is 7. The van der Waals surface area contributed by atoms with Crippen LogP contribution in [-0.4, -0.2) is 45.5 Å². The maximum atomic E-state index is 10.8. The van der Waals surface area contributed by atoms with Crippen LogP contribution in [0.15, 0.2) is 0 Å². The standard InChI is InChI=1S/C6H15O6P/c1-9-4-6(10-2)5-12-13(7,8)11-3/h6H,4-5H2,1-3H3,(H,7,8). The van der Waals surface area contributed by atoms with E-state index in [1.165, 1.54) is 14.2 Å². The third kappa shape index (κ3) is 6.15. The first-order valence-electron chi connectivity index (χ1n) is 3.60. The van der Waals surface area contributed by atoms with Gasteiger partial charge in [0.1, 0.15) is 6.10 Å². The molecule has 0 aromatic carbocycles. The zero-order valence-corrected chi connectivity index (χ0v) is 8.82. The lowest BCUT2D eigenvalue weighted by Crippen LogP contribution is -2.23. The fourth-order valence-electron chi connectivity index (χ4n) is 0.600. The van der Waals surface area contributed by atoms with Crippen molar-refractivity contribution in [2.24, 2.45) is 0 Å². The fraction of sp³-hybridized carbons (Fsp3) is 1.00. The summed E-state index contributed by atoms with van der Waals surface area (Å²) in [5.74, 6) is 0. The van der Waals surface area contributed by atoms with Crippen molar-refractivity contribution < 1.29 is 28.0 Å². The molecule has 1 N–H and O–H groups in total. The van der Waals surface area contributed by atoms with Crippen molar-refractivity contribution in [1.29, 1.82) is 0 Å². The smallest absolute Gasteiger partial charge is 0.382 e. The van der Waals surface area contributed by atoms with Crippen molar-refractivity contribution in [1.82, 2.24) is 0 Å². The van der Waals surface area contributed by atoms with Crippen molar-refractivity contribution in [2.45, 2.75) is 6.10 Å². The summed E-state index contributed by atoms with van der Waals surface area (Å²) in [6.07, 6.45) is -0.374. The summed E-state index contributed by atoms with van der Waals surface area (Å²) in [5, 5.41) is 0. The second kappa shape index (κ2) is 6.48. The highest BCUT2D eigenvalue weighted by atomic mass is 31.2. The lowest BCUT2D eigenvalue weighted by atomic mass is 10.4. The van der Waals surface area contributed by atoms with Crippen LogP contribution in [0.1, 0.15) is 0 Å². The van der Waals surface area contributed by atoms with Gasteiger partial charge in [-0.2, -0.15) is 0 Å². The Morgan fingerprint density at radius 2 is 1.92 bits per heavy atom. The Bertz CT molecular complexity index is 173. The molecule has 0 aliphatic heterocycles. The molecule has 0 amide bonds. The van der Waals surface area contributed by atoms with Gasteiger partial charge >= 0.3 is 7.82 Å². The van der Waals surface area contributed by atoms with Crippen LogP contribution in [0.25, 0.3) is 0 Å². The number of ether oxygens (including phenoxy) is 2. The van der Waals surface area contributed by atoms with Gasteiger partial charge in [0, 0.05) is 21.3 Å². The Balaban J connectivity index is 3.77. The number of methoxy groups -OCH3 is 2. The largest absolute Gasteiger partial charge is 0.472 e. The molecule has 2 unspecified atom stereocenters. The average Bonchev–Trinajstić information content (AvgIpc) is 2.12. The van der Waals surface area contributed by atoms with E-state index in [1.54, 1.807) is 0 Å². The Labute approximate surface area is 77.4 Å². The minimum atomic E-state index is -3.90. The monoisotopic (exact) mass is 214 g/mol. The molecule has 0 aliphatic rings. The second-order valence-corrected chi connectivity index (χ2v) is 3.82. The van der Waals surface area contributed by atoms with Crippen molar-refractivity contribution >= 4 is 7.82 Å². The van der Waals surface area contributed by atoms with Crippen molar-refractivity contribution in [2.75, 3.05) is 34.5 Å². The molecule has 0 aromatic rings. The van der Waals surface area contributed by atoms with Gasteiger partial charge in [-0.25, -0.2) is 4.57 Å². The first kappa shape index (κ1) is 13.0. The zero-order valence-electron chi connectivity index (χ0n) is 7.93. The highest BCUT2D eigenvalue weighted by Gasteiger charge is 2.20. The minimum Gasteiger partial charge on any atom is -0.382 e. The molecule has 80 valence electrons. The van der Waals surface area contributed by atoms with Crippen molar-refractivity contribution in [3.63, 3.8) is 0 Å². The van der Waals surface area contributed by atoms with Crippen LogP contribution in [0, 0.1) is 0 Å². The number of hydrogen-bond donors (Lipinski definition) is 1. The predicted octanol–water partition coefficient (Wildman–Crippen LogP) is 0.411. The van der Waals surface area contributed by atoms with Gasteiger partial charge in [-0.1, -0.05) is 0 Å². The molecule has 6 nitrogen and oxygen atoms in total. The Hall–Kier alpha value is 0.0300. The zero-order chi connectivity index (χ0) is 10.3. The van der Waals surface area contributed by atoms with Crippen molar-refractivity contribution in [3.8, 4) is 0 Å². The van der Waals surface area contributed by atoms with Crippen LogP contribution in [0.5, 0.6) is 0 Å². The molecule has 13 heavy (non-hydrogen) atoms. The summed E-state index contributed by atoms with van der Waals surface area (Å²) in [5.41, 5.74) is 0. The quantitative estimate of drug-likeness (QED) is 0.619. The second-order valence-electron chi connectivity index (χ2n) is 2.26. The maximum Gasteiger partial charge on any atom is 0.472 e. The molecule has 7 heteroatoms. The van der Waals surface area contributed by atoms with Crippen LogP contribution in [-0.2, 0) is 23.1 Å². The third-order valence-corrected chi connectivity index (χ3v) is 2.28. The summed E-state index contributed by atoms with van der Waals surface area (Å²) in [6.45, 7) is 0.242. The van der Waals surface area contributed by atoms with E-state index >= 15 is 0 Å². The normalized spacial score (nSPS) is 18.2. The number of phosphoric acid groups is 1. The van der Waals surface area contributed by atoms with Crippen LogP contribution < -0.4 is 0 Å². The first-order chi connectivity index (χ1) is 6.05. The van der Waals surface area contributed by atoms with Gasteiger partial charge in [0.05, 0.1) is 13.2 Å². The van der Waals surface area contributed by atoms with Crippen molar-refractivity contribution in [3.05, 3.63) is 0 Å². The molecule has 0 aliphatic carbocycles. The molecule has 2 atom stereocenters. The van der Waals surface area contributed by atoms with E-state index in [-0.39, 0.29) is 12.7 Å². The fourth-order valence-corrected chi connectivity index (χ4v) is 1.06. The van der Waals surface area contributed by atoms with Gasteiger partial charge in [-0.15, -0.1) is 0 Å². The van der Waals surface area contributed by atoms with Gasteiger partial charge in [0.2, 0.25) is 0 Å². The molecule has 0 radical (unpaired) electrons. The van der Waals surface area contributed by atoms with Crippen LogP contribution in [0.2, 0.25) is 0 Å². The number of phosphoric ester groups is 1. The van der Waals surface area contributed by atoms with E-state index < -0.39 is 7.82 Å². The van der Waals surface area contributed by atoms with E-state index in [2.05, 4.69) is 9.05 Å². The lowest BCUT2D eigenvalue weighted by Gasteiger charge is -2.15. The molecule has 0 rings (SSSR count). The van der Waals surface area contributed by atoms with E-state index in [4.69, 9.17) is 14.4 Å². The van der Waals surface area contributed by atoms with E-state index in [0.29, 0.717) is 6.61 Å². The minimum absolute atomic E-state index is 0.0496. The summed E-state index contributed by atoms with van der Waals surface area (Å²) >= 11 is 0. The maximum absolute atomic E-state index is 10.8. The van der Waals surface area contributed by atoms with Gasteiger partial charge in [-0.05, 0) is 0 Å². The van der Waals surface area contributed by atoms with Gasteiger partial charge in [0.15, 0.2) is 0 Å². The predicted molar refractivity (Wildman–Crippen MR) is 45.5 cm³/mol. The lowest BCUT2D eigenvalue weighted by molar-refractivity contribution is -0.00672. The molecular weight excluding hydrogens is 199 g/mol. The van der Waals surface area contributed by atoms with Gasteiger partial charge in [-0.3, -0.25) is 9.05 Å². The van der Waals surface area contributed by atoms with Gasteiger partial charge < -0.3 is 14.4 Å². The molecule has 0 saturated carbocycles. The summed E-state index contributed by atoms with van der Waals surface area (Å²) in [6, 6.07) is 0. The summed E-state index contributed by atoms with van der Waals surface area (Å²) < 4.78 is 29.3. The Kier molecular flexibility index (Phi) is 6.49.